The van der Waals surface area contributed by atoms with Gasteiger partial charge in [-0.15, -0.1) is 0 Å². The second kappa shape index (κ2) is 8.58. The Bertz CT molecular complexity index is 1050. The van der Waals surface area contributed by atoms with Crippen LogP contribution < -0.4 is 10.2 Å². The van der Waals surface area contributed by atoms with Crippen molar-refractivity contribution in [2.75, 3.05) is 31.2 Å². The molecule has 1 atom stereocenters. The zero-order chi connectivity index (χ0) is 21.1. The van der Waals surface area contributed by atoms with E-state index in [1.54, 1.807) is 25.3 Å². The van der Waals surface area contributed by atoms with Crippen LogP contribution in [-0.4, -0.2) is 52.4 Å². The third kappa shape index (κ3) is 4.30. The monoisotopic (exact) mass is 410 g/mol. The van der Waals surface area contributed by atoms with Gasteiger partial charge in [-0.2, -0.15) is 5.10 Å². The normalized spacial score (nSPS) is 15.1. The summed E-state index contributed by atoms with van der Waals surface area (Å²) in [4.78, 5) is 23.2. The zero-order valence-electron chi connectivity index (χ0n) is 16.9. The number of ether oxygens (including phenoxy) is 1. The molecule has 0 radical (unpaired) electrons. The number of aryl methyl sites for hydroxylation is 1. The van der Waals surface area contributed by atoms with Gasteiger partial charge < -0.3 is 15.0 Å². The number of nitrogens with one attached hydrogen (secondary N) is 2. The molecule has 1 amide bonds. The number of anilines is 1. The van der Waals surface area contributed by atoms with E-state index in [9.17, 15) is 9.18 Å². The Morgan fingerprint density at radius 3 is 2.80 bits per heavy atom. The van der Waals surface area contributed by atoms with Crippen molar-refractivity contribution in [1.29, 1.82) is 0 Å². The van der Waals surface area contributed by atoms with Gasteiger partial charge in [-0.1, -0.05) is 0 Å². The number of hydrogen-bond acceptors (Lipinski definition) is 6. The van der Waals surface area contributed by atoms with Crippen LogP contribution in [0.25, 0.3) is 11.5 Å². The van der Waals surface area contributed by atoms with Crippen LogP contribution in [0.15, 0.2) is 36.5 Å². The highest BCUT2D eigenvalue weighted by molar-refractivity contribution is 5.94. The summed E-state index contributed by atoms with van der Waals surface area (Å²) in [5.41, 5.74) is 2.43. The number of H-pyrrole nitrogens is 1. The summed E-state index contributed by atoms with van der Waals surface area (Å²) in [6.07, 6.45) is 1.70. The van der Waals surface area contributed by atoms with E-state index in [0.29, 0.717) is 49.3 Å². The van der Waals surface area contributed by atoms with Crippen LogP contribution in [0.4, 0.5) is 10.1 Å². The van der Waals surface area contributed by atoms with Crippen molar-refractivity contribution in [3.63, 3.8) is 0 Å². The number of benzene rings is 1. The van der Waals surface area contributed by atoms with Gasteiger partial charge in [-0.3, -0.25) is 14.9 Å². The number of morpholine rings is 1. The maximum Gasteiger partial charge on any atom is 0.251 e. The molecule has 9 heteroatoms. The summed E-state index contributed by atoms with van der Waals surface area (Å²) in [5, 5.41) is 9.84. The highest BCUT2D eigenvalue weighted by atomic mass is 19.1. The average molecular weight is 410 g/mol. The molecule has 4 rings (SSSR count). The van der Waals surface area contributed by atoms with E-state index in [1.807, 2.05) is 24.0 Å². The topological polar surface area (TPSA) is 96.0 Å². The molecule has 1 aromatic carbocycles. The molecular formula is C21H23FN6O2. The predicted octanol–water partition coefficient (Wildman–Crippen LogP) is 2.64. The third-order valence-corrected chi connectivity index (χ3v) is 4.97. The van der Waals surface area contributed by atoms with Gasteiger partial charge in [0.05, 0.1) is 24.9 Å². The van der Waals surface area contributed by atoms with Gasteiger partial charge in [0.15, 0.2) is 5.82 Å². The molecule has 0 saturated carbocycles. The molecule has 3 aromatic rings. The molecule has 2 N–H and O–H groups in total. The molecule has 30 heavy (non-hydrogen) atoms. The van der Waals surface area contributed by atoms with Gasteiger partial charge in [0, 0.05) is 24.8 Å². The molecule has 8 nitrogen and oxygen atoms in total. The Morgan fingerprint density at radius 2 is 2.07 bits per heavy atom. The van der Waals surface area contributed by atoms with Gasteiger partial charge in [-0.05, 0) is 49.7 Å². The lowest BCUT2D eigenvalue weighted by Gasteiger charge is -2.29. The maximum atomic E-state index is 14.6. The van der Waals surface area contributed by atoms with Crippen LogP contribution in [0.1, 0.15) is 34.7 Å². The average Bonchev–Trinajstić information content (AvgIpc) is 3.25. The second-order valence-electron chi connectivity index (χ2n) is 7.22. The predicted molar refractivity (Wildman–Crippen MR) is 110 cm³/mol. The smallest absolute Gasteiger partial charge is 0.251 e. The quantitative estimate of drug-likeness (QED) is 0.671. The van der Waals surface area contributed by atoms with Gasteiger partial charge >= 0.3 is 0 Å². The van der Waals surface area contributed by atoms with Crippen LogP contribution in [0.5, 0.6) is 0 Å². The highest BCUT2D eigenvalue weighted by Gasteiger charge is 2.19. The Morgan fingerprint density at radius 1 is 1.27 bits per heavy atom. The zero-order valence-corrected chi connectivity index (χ0v) is 16.9. The van der Waals surface area contributed by atoms with Crippen molar-refractivity contribution in [1.82, 2.24) is 25.5 Å². The van der Waals surface area contributed by atoms with Crippen molar-refractivity contribution in [3.8, 4) is 11.5 Å². The molecule has 1 aliphatic rings. The summed E-state index contributed by atoms with van der Waals surface area (Å²) < 4.78 is 19.9. The van der Waals surface area contributed by atoms with Crippen molar-refractivity contribution in [2.24, 2.45) is 0 Å². The standard InChI is InChI=1S/C21H23FN6O2/c1-13-5-6-23-17(11-13)20-25-19(26-27-20)14(2)24-21(29)15-3-4-18(16(22)12-15)28-7-9-30-10-8-28/h3-6,11-12,14H,7-10H2,1-2H3,(H,24,29)(H,25,26,27). The number of halogens is 1. The first kappa shape index (κ1) is 20.0. The van der Waals surface area contributed by atoms with Gasteiger partial charge in [-0.25, -0.2) is 9.37 Å². The molecule has 1 saturated heterocycles. The summed E-state index contributed by atoms with van der Waals surface area (Å²) in [7, 11) is 0. The fraction of sp³-hybridized carbons (Fsp3) is 0.333. The van der Waals surface area contributed by atoms with Gasteiger partial charge in [0.1, 0.15) is 17.3 Å². The summed E-state index contributed by atoms with van der Waals surface area (Å²) >= 11 is 0. The van der Waals surface area contributed by atoms with E-state index in [2.05, 4.69) is 25.5 Å². The lowest BCUT2D eigenvalue weighted by molar-refractivity contribution is 0.0937. The first-order chi connectivity index (χ1) is 14.5. The molecule has 1 aliphatic heterocycles. The molecule has 0 aliphatic carbocycles. The summed E-state index contributed by atoms with van der Waals surface area (Å²) in [6, 6.07) is 7.85. The van der Waals surface area contributed by atoms with Crippen molar-refractivity contribution in [2.45, 2.75) is 19.9 Å². The number of aromatic amines is 1. The number of amides is 1. The first-order valence-corrected chi connectivity index (χ1v) is 9.79. The first-order valence-electron chi connectivity index (χ1n) is 9.79. The van der Waals surface area contributed by atoms with E-state index < -0.39 is 11.9 Å². The lowest BCUT2D eigenvalue weighted by atomic mass is 10.1. The minimum atomic E-state index is -0.439. The molecule has 2 aromatic heterocycles. The Kier molecular flexibility index (Phi) is 5.71. The van der Waals surface area contributed by atoms with E-state index in [-0.39, 0.29) is 11.5 Å². The summed E-state index contributed by atoms with van der Waals surface area (Å²) in [6.45, 7) is 6.13. The van der Waals surface area contributed by atoms with E-state index in [1.165, 1.54) is 6.07 Å². The molecule has 0 spiro atoms. The van der Waals surface area contributed by atoms with Gasteiger partial charge in [0.25, 0.3) is 5.91 Å². The third-order valence-electron chi connectivity index (χ3n) is 4.97. The second-order valence-corrected chi connectivity index (χ2v) is 7.22. The Hall–Kier alpha value is -3.33. The highest BCUT2D eigenvalue weighted by Crippen LogP contribution is 2.22. The SMILES string of the molecule is Cc1ccnc(-c2n[nH]c(C(C)NC(=O)c3ccc(N4CCOCC4)c(F)c3)n2)c1. The molecule has 156 valence electrons. The molecule has 1 unspecified atom stereocenters. The number of nitrogens with zero attached hydrogens (tertiary/aromatic N) is 4. The van der Waals surface area contributed by atoms with Crippen molar-refractivity contribution < 1.29 is 13.9 Å². The molecule has 0 bridgehead atoms. The fourth-order valence-corrected chi connectivity index (χ4v) is 3.30. The van der Waals surface area contributed by atoms with Crippen LogP contribution in [0.3, 0.4) is 0 Å². The van der Waals surface area contributed by atoms with Gasteiger partial charge in [0.2, 0.25) is 0 Å². The fourth-order valence-electron chi connectivity index (χ4n) is 3.30. The lowest BCUT2D eigenvalue weighted by Crippen LogP contribution is -2.36. The number of pyridine rings is 1. The van der Waals surface area contributed by atoms with Crippen LogP contribution >= 0.6 is 0 Å². The van der Waals surface area contributed by atoms with E-state index in [4.69, 9.17) is 4.74 Å². The van der Waals surface area contributed by atoms with Crippen LogP contribution in [0, 0.1) is 12.7 Å². The van der Waals surface area contributed by atoms with Crippen molar-refractivity contribution >= 4 is 11.6 Å². The maximum absolute atomic E-state index is 14.6. The van der Waals surface area contributed by atoms with Crippen LogP contribution in [0.2, 0.25) is 0 Å². The number of rotatable bonds is 5. The van der Waals surface area contributed by atoms with E-state index in [0.717, 1.165) is 5.56 Å². The van der Waals surface area contributed by atoms with Crippen LogP contribution in [-0.2, 0) is 4.74 Å². The number of carbonyl (C=O) groups is 1. The summed E-state index contributed by atoms with van der Waals surface area (Å²) in [5.74, 6) is 0.133. The molecular weight excluding hydrogens is 387 g/mol. The largest absolute Gasteiger partial charge is 0.378 e. The molecule has 3 heterocycles. The minimum Gasteiger partial charge on any atom is -0.378 e. The molecule has 1 fully saturated rings. The van der Waals surface area contributed by atoms with E-state index >= 15 is 0 Å². The number of aromatic nitrogens is 4. The Balaban J connectivity index is 1.44. The Labute approximate surface area is 173 Å². The number of carbonyl (C=O) groups excluding carboxylic acids is 1. The number of hydrogen-bond donors (Lipinski definition) is 2. The van der Waals surface area contributed by atoms with Crippen molar-refractivity contribution in [3.05, 3.63) is 59.3 Å². The minimum absolute atomic E-state index is 0.247.